The van der Waals surface area contributed by atoms with Crippen LogP contribution >= 0.6 is 0 Å². The van der Waals surface area contributed by atoms with Crippen LogP contribution in [0.25, 0.3) is 0 Å². The fraction of sp³-hybridized carbons (Fsp3) is 0.500. The minimum atomic E-state index is -0.901. The highest BCUT2D eigenvalue weighted by atomic mass is 16.5. The SMILES string of the molecule is Cc1ccc(C(=O)C(=O)OCC(C(C)C)C(COC(=O)C(=O)c2ccc(C)c(C)c2C)C(C)C)c(C)c1C. The van der Waals surface area contributed by atoms with Gasteiger partial charge in [0.15, 0.2) is 0 Å². The van der Waals surface area contributed by atoms with Gasteiger partial charge in [-0.05, 0) is 86.8 Å². The molecule has 0 radical (unpaired) electrons. The van der Waals surface area contributed by atoms with Crippen molar-refractivity contribution in [2.45, 2.75) is 69.2 Å². The Kier molecular flexibility index (Phi) is 10.6. The molecule has 0 fully saturated rings. The van der Waals surface area contributed by atoms with Crippen molar-refractivity contribution in [2.75, 3.05) is 13.2 Å². The Morgan fingerprint density at radius 3 is 1.16 bits per heavy atom. The summed E-state index contributed by atoms with van der Waals surface area (Å²) in [6.07, 6.45) is 0. The third-order valence-corrected chi connectivity index (χ3v) is 8.05. The molecule has 2 aromatic carbocycles. The molecular weight excluding hydrogens is 480 g/mol. The topological polar surface area (TPSA) is 86.7 Å². The number of ether oxygens (including phenoxy) is 2. The maximum Gasteiger partial charge on any atom is 0.379 e. The average Bonchev–Trinajstić information content (AvgIpc) is 2.86. The summed E-state index contributed by atoms with van der Waals surface area (Å²) in [4.78, 5) is 51.1. The number of benzene rings is 2. The van der Waals surface area contributed by atoms with Gasteiger partial charge >= 0.3 is 11.9 Å². The van der Waals surface area contributed by atoms with Crippen molar-refractivity contribution in [1.29, 1.82) is 0 Å². The summed E-state index contributed by atoms with van der Waals surface area (Å²) in [5, 5.41) is 0. The van der Waals surface area contributed by atoms with E-state index >= 15 is 0 Å². The van der Waals surface area contributed by atoms with Crippen molar-refractivity contribution in [3.8, 4) is 0 Å². The summed E-state index contributed by atoms with van der Waals surface area (Å²) in [5.41, 5.74) is 6.25. The van der Waals surface area contributed by atoms with Gasteiger partial charge in [-0.25, -0.2) is 9.59 Å². The summed E-state index contributed by atoms with van der Waals surface area (Å²) in [6.45, 7) is 19.4. The van der Waals surface area contributed by atoms with Crippen LogP contribution in [0.1, 0.15) is 81.8 Å². The first-order chi connectivity index (χ1) is 17.7. The molecule has 0 heterocycles. The zero-order chi connectivity index (χ0) is 28.9. The number of hydrogen-bond donors (Lipinski definition) is 0. The van der Waals surface area contributed by atoms with Gasteiger partial charge in [0, 0.05) is 23.0 Å². The first kappa shape index (κ1) is 30.9. The fourth-order valence-corrected chi connectivity index (χ4v) is 4.72. The molecule has 38 heavy (non-hydrogen) atoms. The van der Waals surface area contributed by atoms with Crippen molar-refractivity contribution in [3.05, 3.63) is 68.8 Å². The predicted molar refractivity (Wildman–Crippen MR) is 149 cm³/mol. The lowest BCUT2D eigenvalue weighted by Gasteiger charge is -2.32. The zero-order valence-electron chi connectivity index (χ0n) is 24.5. The summed E-state index contributed by atoms with van der Waals surface area (Å²) in [6, 6.07) is 6.96. The van der Waals surface area contributed by atoms with E-state index in [1.54, 1.807) is 12.1 Å². The molecule has 0 N–H and O–H groups in total. The number of esters is 2. The van der Waals surface area contributed by atoms with Crippen LogP contribution < -0.4 is 0 Å². The molecule has 0 saturated carbocycles. The molecule has 0 aliphatic carbocycles. The molecular formula is C32H42O6. The van der Waals surface area contributed by atoms with Crippen molar-refractivity contribution in [1.82, 2.24) is 0 Å². The minimum Gasteiger partial charge on any atom is -0.459 e. The summed E-state index contributed by atoms with van der Waals surface area (Å²) >= 11 is 0. The van der Waals surface area contributed by atoms with Crippen LogP contribution in [0, 0.1) is 65.2 Å². The maximum atomic E-state index is 12.8. The van der Waals surface area contributed by atoms with Gasteiger partial charge in [-0.2, -0.15) is 0 Å². The van der Waals surface area contributed by atoms with Crippen molar-refractivity contribution < 1.29 is 28.7 Å². The molecule has 0 amide bonds. The van der Waals surface area contributed by atoms with E-state index in [1.807, 2.05) is 81.4 Å². The molecule has 2 aromatic rings. The van der Waals surface area contributed by atoms with Gasteiger partial charge in [-0.15, -0.1) is 0 Å². The third kappa shape index (κ3) is 6.97. The Balaban J connectivity index is 2.12. The van der Waals surface area contributed by atoms with Crippen LogP contribution in [0.4, 0.5) is 0 Å². The Morgan fingerprint density at radius 2 is 0.868 bits per heavy atom. The Bertz CT molecular complexity index is 1130. The largest absolute Gasteiger partial charge is 0.459 e. The number of rotatable bonds is 11. The smallest absolute Gasteiger partial charge is 0.379 e. The standard InChI is InChI=1S/C32H42O6/c1-17(2)27(15-37-31(35)29(33)25-13-11-19(5)21(7)23(25)9)28(18(3)4)16-38-32(36)30(34)26-14-12-20(6)22(8)24(26)10/h11-14,17-18,27-28H,15-16H2,1-10H3. The highest BCUT2D eigenvalue weighted by Gasteiger charge is 2.32. The monoisotopic (exact) mass is 522 g/mol. The second kappa shape index (κ2) is 13.0. The molecule has 2 unspecified atom stereocenters. The van der Waals surface area contributed by atoms with E-state index in [9.17, 15) is 19.2 Å². The number of hydrogen-bond acceptors (Lipinski definition) is 6. The first-order valence-electron chi connectivity index (χ1n) is 13.2. The Labute approximate surface area is 227 Å². The van der Waals surface area contributed by atoms with Crippen LogP contribution in [-0.2, 0) is 19.1 Å². The molecule has 0 aliphatic rings. The number of Topliss-reactive ketones (excluding diaryl/α,β-unsaturated/α-hetero) is 2. The second-order valence-corrected chi connectivity index (χ2v) is 11.0. The number of aryl methyl sites for hydroxylation is 2. The van der Waals surface area contributed by atoms with E-state index in [2.05, 4.69) is 0 Å². The quantitative estimate of drug-likeness (QED) is 0.197. The molecule has 206 valence electrons. The second-order valence-electron chi connectivity index (χ2n) is 11.0. The van der Waals surface area contributed by atoms with E-state index < -0.39 is 23.5 Å². The van der Waals surface area contributed by atoms with E-state index in [0.29, 0.717) is 11.1 Å². The lowest BCUT2D eigenvalue weighted by molar-refractivity contribution is -0.145. The van der Waals surface area contributed by atoms with Gasteiger partial charge in [-0.1, -0.05) is 52.0 Å². The van der Waals surface area contributed by atoms with Crippen LogP contribution in [0.2, 0.25) is 0 Å². The molecule has 0 aliphatic heterocycles. The highest BCUT2D eigenvalue weighted by Crippen LogP contribution is 2.29. The van der Waals surface area contributed by atoms with E-state index in [4.69, 9.17) is 9.47 Å². The minimum absolute atomic E-state index is 0.0107. The van der Waals surface area contributed by atoms with Crippen LogP contribution in [-0.4, -0.2) is 36.7 Å². The molecule has 0 saturated heterocycles. The summed E-state index contributed by atoms with van der Waals surface area (Å²) in [5.74, 6) is -3.36. The molecule has 0 bridgehead atoms. The molecule has 2 rings (SSSR count). The normalized spacial score (nSPS) is 12.8. The van der Waals surface area contributed by atoms with Gasteiger partial charge in [0.05, 0.1) is 13.2 Å². The van der Waals surface area contributed by atoms with Gasteiger partial charge < -0.3 is 9.47 Å². The Morgan fingerprint density at radius 1 is 0.553 bits per heavy atom. The fourth-order valence-electron chi connectivity index (χ4n) is 4.72. The van der Waals surface area contributed by atoms with Crippen molar-refractivity contribution in [3.63, 3.8) is 0 Å². The van der Waals surface area contributed by atoms with E-state index in [0.717, 1.165) is 33.4 Å². The summed E-state index contributed by atoms with van der Waals surface area (Å²) < 4.78 is 11.0. The van der Waals surface area contributed by atoms with E-state index in [-0.39, 0.29) is 36.9 Å². The van der Waals surface area contributed by atoms with Crippen LogP contribution in [0.3, 0.4) is 0 Å². The van der Waals surface area contributed by atoms with Gasteiger partial charge in [0.25, 0.3) is 11.6 Å². The number of ketones is 2. The predicted octanol–water partition coefficient (Wildman–Crippen LogP) is 6.23. The molecule has 2 atom stereocenters. The average molecular weight is 523 g/mol. The van der Waals surface area contributed by atoms with E-state index in [1.165, 1.54) is 0 Å². The Hall–Kier alpha value is -3.28. The van der Waals surface area contributed by atoms with Crippen LogP contribution in [0.5, 0.6) is 0 Å². The molecule has 0 aromatic heterocycles. The molecule has 6 heteroatoms. The van der Waals surface area contributed by atoms with Crippen LogP contribution in [0.15, 0.2) is 24.3 Å². The van der Waals surface area contributed by atoms with Crippen molar-refractivity contribution in [2.24, 2.45) is 23.7 Å². The van der Waals surface area contributed by atoms with Gasteiger partial charge in [-0.3, -0.25) is 9.59 Å². The zero-order valence-corrected chi connectivity index (χ0v) is 24.5. The molecule has 0 spiro atoms. The number of carbonyl (C=O) groups excluding carboxylic acids is 4. The van der Waals surface area contributed by atoms with Gasteiger partial charge in [0.1, 0.15) is 0 Å². The van der Waals surface area contributed by atoms with Gasteiger partial charge in [0.2, 0.25) is 0 Å². The summed E-state index contributed by atoms with van der Waals surface area (Å²) in [7, 11) is 0. The molecule has 6 nitrogen and oxygen atoms in total. The third-order valence-electron chi connectivity index (χ3n) is 8.05. The lowest BCUT2D eigenvalue weighted by Crippen LogP contribution is -2.35. The van der Waals surface area contributed by atoms with Crippen molar-refractivity contribution >= 4 is 23.5 Å². The lowest BCUT2D eigenvalue weighted by atomic mass is 9.78. The number of carbonyl (C=O) groups is 4. The maximum absolute atomic E-state index is 12.8. The first-order valence-corrected chi connectivity index (χ1v) is 13.2. The highest BCUT2D eigenvalue weighted by molar-refractivity contribution is 6.41.